The van der Waals surface area contributed by atoms with Crippen LogP contribution in [0.15, 0.2) is 24.3 Å². The molecule has 1 aliphatic heterocycles. The van der Waals surface area contributed by atoms with Gasteiger partial charge in [-0.2, -0.15) is 0 Å². The first-order valence-electron chi connectivity index (χ1n) is 8.15. The van der Waals surface area contributed by atoms with Crippen LogP contribution in [0.4, 0.5) is 0 Å². The van der Waals surface area contributed by atoms with Gasteiger partial charge in [0, 0.05) is 23.4 Å². The third-order valence-corrected chi connectivity index (χ3v) is 5.70. The van der Waals surface area contributed by atoms with Crippen LogP contribution in [0.2, 0.25) is 0 Å². The standard InChI is InChI=1S/C18H22N2O3S/c1-20-9-5-6-12(11-20)17(21)19-10-14-13-7-3-4-8-15(13)24-16(14)18(22)23-2/h3-4,7-8,12H,5-6,9-11H2,1-2H3,(H,19,21)/t12-/m0/s1. The number of hydrogen-bond acceptors (Lipinski definition) is 5. The zero-order valence-corrected chi connectivity index (χ0v) is 14.8. The van der Waals surface area contributed by atoms with Crippen molar-refractivity contribution in [2.75, 3.05) is 27.2 Å². The maximum atomic E-state index is 12.5. The van der Waals surface area contributed by atoms with Crippen LogP contribution in [-0.4, -0.2) is 44.0 Å². The van der Waals surface area contributed by atoms with E-state index in [1.807, 2.05) is 31.3 Å². The van der Waals surface area contributed by atoms with Crippen LogP contribution in [-0.2, 0) is 16.1 Å². The van der Waals surface area contributed by atoms with Crippen LogP contribution in [0.1, 0.15) is 28.1 Å². The highest BCUT2D eigenvalue weighted by Gasteiger charge is 2.25. The van der Waals surface area contributed by atoms with Crippen molar-refractivity contribution in [3.63, 3.8) is 0 Å². The number of hydrogen-bond donors (Lipinski definition) is 1. The molecule has 0 spiro atoms. The van der Waals surface area contributed by atoms with Gasteiger partial charge in [-0.05, 0) is 37.9 Å². The molecule has 1 saturated heterocycles. The van der Waals surface area contributed by atoms with Gasteiger partial charge < -0.3 is 15.0 Å². The molecule has 1 atom stereocenters. The molecule has 1 amide bonds. The molecule has 1 aliphatic rings. The van der Waals surface area contributed by atoms with Gasteiger partial charge in [-0.1, -0.05) is 18.2 Å². The van der Waals surface area contributed by atoms with Gasteiger partial charge in [0.15, 0.2) is 0 Å². The van der Waals surface area contributed by atoms with E-state index in [1.165, 1.54) is 18.4 Å². The maximum Gasteiger partial charge on any atom is 0.348 e. The Kier molecular flexibility index (Phi) is 5.16. The molecule has 2 heterocycles. The summed E-state index contributed by atoms with van der Waals surface area (Å²) in [4.78, 5) is 27.3. The fraction of sp³-hybridized carbons (Fsp3) is 0.444. The lowest BCUT2D eigenvalue weighted by atomic mass is 9.97. The molecule has 1 aromatic carbocycles. The second-order valence-electron chi connectivity index (χ2n) is 6.22. The molecular formula is C18H22N2O3S. The van der Waals surface area contributed by atoms with Gasteiger partial charge in [-0.15, -0.1) is 11.3 Å². The molecule has 0 aliphatic carbocycles. The Morgan fingerprint density at radius 2 is 2.17 bits per heavy atom. The molecule has 0 bridgehead atoms. The second-order valence-corrected chi connectivity index (χ2v) is 7.27. The summed E-state index contributed by atoms with van der Waals surface area (Å²) in [5.41, 5.74) is 0.847. The molecule has 1 aromatic heterocycles. The zero-order chi connectivity index (χ0) is 17.1. The Hall–Kier alpha value is -1.92. The van der Waals surface area contributed by atoms with Gasteiger partial charge in [0.2, 0.25) is 5.91 Å². The van der Waals surface area contributed by atoms with Gasteiger partial charge in [-0.25, -0.2) is 4.79 Å². The summed E-state index contributed by atoms with van der Waals surface area (Å²) < 4.78 is 5.92. The van der Waals surface area contributed by atoms with Crippen molar-refractivity contribution in [2.24, 2.45) is 5.92 Å². The first-order valence-corrected chi connectivity index (χ1v) is 8.96. The highest BCUT2D eigenvalue weighted by atomic mass is 32.1. The van der Waals surface area contributed by atoms with Crippen LogP contribution >= 0.6 is 11.3 Å². The van der Waals surface area contributed by atoms with E-state index in [0.717, 1.165) is 41.6 Å². The molecule has 3 rings (SSSR count). The van der Waals surface area contributed by atoms with Crippen LogP contribution < -0.4 is 5.32 Å². The van der Waals surface area contributed by atoms with Crippen LogP contribution in [0.3, 0.4) is 0 Å². The van der Waals surface area contributed by atoms with Crippen molar-refractivity contribution in [1.29, 1.82) is 0 Å². The van der Waals surface area contributed by atoms with Gasteiger partial charge in [0.05, 0.1) is 13.0 Å². The predicted octanol–water partition coefficient (Wildman–Crippen LogP) is 2.65. The quantitative estimate of drug-likeness (QED) is 0.865. The fourth-order valence-electron chi connectivity index (χ4n) is 3.23. The number of fused-ring (bicyclic) bond motifs is 1. The Bertz CT molecular complexity index is 756. The van der Waals surface area contributed by atoms with Crippen molar-refractivity contribution >= 4 is 33.3 Å². The lowest BCUT2D eigenvalue weighted by Gasteiger charge is -2.28. The SMILES string of the molecule is COC(=O)c1sc2ccccc2c1CNC(=O)[C@H]1CCCN(C)C1. The zero-order valence-electron chi connectivity index (χ0n) is 14.0. The third kappa shape index (κ3) is 3.44. The number of nitrogens with zero attached hydrogens (tertiary/aromatic N) is 1. The topological polar surface area (TPSA) is 58.6 Å². The minimum Gasteiger partial charge on any atom is -0.465 e. The molecule has 128 valence electrons. The van der Waals surface area contributed by atoms with Crippen LogP contribution in [0.5, 0.6) is 0 Å². The lowest BCUT2D eigenvalue weighted by molar-refractivity contribution is -0.126. The minimum absolute atomic E-state index is 0.0234. The first kappa shape index (κ1) is 16.9. The number of likely N-dealkylation sites (tertiary alicyclic amines) is 1. The minimum atomic E-state index is -0.349. The number of esters is 1. The van der Waals surface area contributed by atoms with E-state index >= 15 is 0 Å². The summed E-state index contributed by atoms with van der Waals surface area (Å²) >= 11 is 1.41. The van der Waals surface area contributed by atoms with E-state index in [4.69, 9.17) is 4.74 Å². The molecular weight excluding hydrogens is 324 g/mol. The van der Waals surface area contributed by atoms with E-state index in [-0.39, 0.29) is 17.8 Å². The molecule has 0 saturated carbocycles. The number of carbonyl (C=O) groups is 2. The van der Waals surface area contributed by atoms with Gasteiger partial charge >= 0.3 is 5.97 Å². The molecule has 1 fully saturated rings. The molecule has 0 radical (unpaired) electrons. The number of amides is 1. The van der Waals surface area contributed by atoms with E-state index in [1.54, 1.807) is 0 Å². The summed E-state index contributed by atoms with van der Waals surface area (Å²) in [5.74, 6) is -0.263. The second kappa shape index (κ2) is 7.32. The van der Waals surface area contributed by atoms with Crippen molar-refractivity contribution in [3.05, 3.63) is 34.7 Å². The molecule has 6 heteroatoms. The van der Waals surface area contributed by atoms with Gasteiger partial charge in [0.25, 0.3) is 0 Å². The Balaban J connectivity index is 1.79. The smallest absolute Gasteiger partial charge is 0.348 e. The average molecular weight is 346 g/mol. The van der Waals surface area contributed by atoms with E-state index in [9.17, 15) is 9.59 Å². The number of piperidine rings is 1. The number of thiophene rings is 1. The summed E-state index contributed by atoms with van der Waals surface area (Å²) in [6.07, 6.45) is 1.97. The van der Waals surface area contributed by atoms with Gasteiger partial charge in [0.1, 0.15) is 4.88 Å². The lowest BCUT2D eigenvalue weighted by Crippen LogP contribution is -2.41. The average Bonchev–Trinajstić information content (AvgIpc) is 2.97. The Morgan fingerprint density at radius 3 is 2.92 bits per heavy atom. The van der Waals surface area contributed by atoms with Crippen molar-refractivity contribution < 1.29 is 14.3 Å². The van der Waals surface area contributed by atoms with Crippen LogP contribution in [0.25, 0.3) is 10.1 Å². The van der Waals surface area contributed by atoms with Gasteiger partial charge in [-0.3, -0.25) is 4.79 Å². The van der Waals surface area contributed by atoms with E-state index in [0.29, 0.717) is 11.4 Å². The monoisotopic (exact) mass is 346 g/mol. The largest absolute Gasteiger partial charge is 0.465 e. The highest BCUT2D eigenvalue weighted by Crippen LogP contribution is 2.32. The number of nitrogens with one attached hydrogen (secondary N) is 1. The van der Waals surface area contributed by atoms with Crippen molar-refractivity contribution in [1.82, 2.24) is 10.2 Å². The number of rotatable bonds is 4. The maximum absolute atomic E-state index is 12.5. The molecule has 2 aromatic rings. The number of methoxy groups -OCH3 is 1. The summed E-state index contributed by atoms with van der Waals surface area (Å²) in [6.45, 7) is 2.19. The van der Waals surface area contributed by atoms with Crippen molar-refractivity contribution in [3.8, 4) is 0 Å². The van der Waals surface area contributed by atoms with E-state index in [2.05, 4.69) is 10.2 Å². The Labute approximate surface area is 145 Å². The molecule has 1 N–H and O–H groups in total. The number of ether oxygens (including phenoxy) is 1. The first-order chi connectivity index (χ1) is 11.6. The molecule has 0 unspecified atom stereocenters. The van der Waals surface area contributed by atoms with Crippen molar-refractivity contribution in [2.45, 2.75) is 19.4 Å². The van der Waals surface area contributed by atoms with Crippen LogP contribution in [0, 0.1) is 5.92 Å². The molecule has 5 nitrogen and oxygen atoms in total. The number of carbonyl (C=O) groups excluding carboxylic acids is 2. The summed E-state index contributed by atoms with van der Waals surface area (Å²) in [7, 11) is 3.42. The Morgan fingerprint density at radius 1 is 1.38 bits per heavy atom. The number of benzene rings is 1. The summed E-state index contributed by atoms with van der Waals surface area (Å²) in [5, 5.41) is 4.02. The fourth-order valence-corrected chi connectivity index (χ4v) is 4.37. The predicted molar refractivity (Wildman–Crippen MR) is 95.2 cm³/mol. The third-order valence-electron chi connectivity index (χ3n) is 4.50. The highest BCUT2D eigenvalue weighted by molar-refractivity contribution is 7.21. The molecule has 24 heavy (non-hydrogen) atoms. The van der Waals surface area contributed by atoms with E-state index < -0.39 is 0 Å². The normalized spacial score (nSPS) is 18.5. The summed E-state index contributed by atoms with van der Waals surface area (Å²) in [6, 6.07) is 7.85.